The molecule has 1 saturated heterocycles. The zero-order valence-electron chi connectivity index (χ0n) is 19.7. The third-order valence-electron chi connectivity index (χ3n) is 4.12. The summed E-state index contributed by atoms with van der Waals surface area (Å²) >= 11 is 0. The molecule has 2 amide bonds. The van der Waals surface area contributed by atoms with E-state index in [-0.39, 0.29) is 36.1 Å². The molecule has 1 aliphatic rings. The quantitative estimate of drug-likeness (QED) is 0.316. The van der Waals surface area contributed by atoms with Gasteiger partial charge in [0.2, 0.25) is 0 Å². The number of nitrogens with one attached hydrogen (secondary N) is 2. The molecule has 1 unspecified atom stereocenters. The normalized spacial score (nSPS) is 17.1. The Labute approximate surface area is 198 Å². The van der Waals surface area contributed by atoms with Crippen LogP contribution >= 0.6 is 24.0 Å². The Bertz CT molecular complexity index is 587. The van der Waals surface area contributed by atoms with Gasteiger partial charge in [0.15, 0.2) is 5.96 Å². The van der Waals surface area contributed by atoms with Crippen LogP contribution in [0.25, 0.3) is 0 Å². The number of rotatable bonds is 5. The monoisotopic (exact) mass is 541 g/mol. The summed E-state index contributed by atoms with van der Waals surface area (Å²) in [7, 11) is 1.72. The molecule has 0 aromatic rings. The van der Waals surface area contributed by atoms with Gasteiger partial charge in [-0.05, 0) is 54.9 Å². The van der Waals surface area contributed by atoms with Crippen molar-refractivity contribution < 1.29 is 19.1 Å². The molecule has 10 heteroatoms. The van der Waals surface area contributed by atoms with Crippen LogP contribution in [-0.4, -0.2) is 85.0 Å². The van der Waals surface area contributed by atoms with E-state index in [9.17, 15) is 9.59 Å². The number of hydrogen-bond acceptors (Lipinski definition) is 5. The minimum absolute atomic E-state index is 0. The summed E-state index contributed by atoms with van der Waals surface area (Å²) in [6.07, 6.45) is 0.0988. The van der Waals surface area contributed by atoms with Crippen molar-refractivity contribution in [2.45, 2.75) is 72.1 Å². The zero-order valence-corrected chi connectivity index (χ0v) is 22.0. The maximum absolute atomic E-state index is 12.2. The van der Waals surface area contributed by atoms with Crippen molar-refractivity contribution in [1.82, 2.24) is 20.4 Å². The minimum atomic E-state index is -0.515. The highest BCUT2D eigenvalue weighted by Gasteiger charge is 2.28. The van der Waals surface area contributed by atoms with Gasteiger partial charge in [-0.15, -0.1) is 24.0 Å². The lowest BCUT2D eigenvalue weighted by Gasteiger charge is -2.27. The fraction of sp³-hybridized carbons (Fsp3) is 0.850. The molecule has 1 rings (SSSR count). The number of ether oxygens (including phenoxy) is 2. The van der Waals surface area contributed by atoms with E-state index >= 15 is 0 Å². The van der Waals surface area contributed by atoms with Gasteiger partial charge in [0, 0.05) is 39.8 Å². The number of likely N-dealkylation sites (tertiary alicyclic amines) is 1. The summed E-state index contributed by atoms with van der Waals surface area (Å²) in [5.74, 6) is 0.749. The second-order valence-electron chi connectivity index (χ2n) is 9.11. The Hall–Kier alpha value is -1.46. The van der Waals surface area contributed by atoms with Gasteiger partial charge < -0.3 is 29.9 Å². The maximum Gasteiger partial charge on any atom is 0.410 e. The lowest BCUT2D eigenvalue weighted by Crippen LogP contribution is -2.46. The summed E-state index contributed by atoms with van der Waals surface area (Å²) in [6.45, 7) is 16.1. The van der Waals surface area contributed by atoms with Gasteiger partial charge in [-0.3, -0.25) is 4.99 Å². The maximum atomic E-state index is 12.2. The molecule has 2 N–H and O–H groups in total. The van der Waals surface area contributed by atoms with Crippen LogP contribution in [0.4, 0.5) is 9.59 Å². The molecule has 9 nitrogen and oxygen atoms in total. The van der Waals surface area contributed by atoms with Crippen molar-refractivity contribution in [1.29, 1.82) is 0 Å². The smallest absolute Gasteiger partial charge is 0.410 e. The van der Waals surface area contributed by atoms with E-state index in [1.165, 1.54) is 0 Å². The van der Waals surface area contributed by atoms with Crippen LogP contribution in [0.1, 0.15) is 54.9 Å². The number of aliphatic imine (C=N–C) groups is 1. The fourth-order valence-electron chi connectivity index (χ4n) is 2.88. The van der Waals surface area contributed by atoms with Crippen LogP contribution in [0.2, 0.25) is 0 Å². The summed E-state index contributed by atoms with van der Waals surface area (Å²) < 4.78 is 10.7. The predicted molar refractivity (Wildman–Crippen MR) is 130 cm³/mol. The summed E-state index contributed by atoms with van der Waals surface area (Å²) in [4.78, 5) is 32.2. The van der Waals surface area contributed by atoms with Gasteiger partial charge in [-0.1, -0.05) is 0 Å². The lowest BCUT2D eigenvalue weighted by molar-refractivity contribution is 0.0263. The van der Waals surface area contributed by atoms with E-state index in [2.05, 4.69) is 20.5 Å². The number of carbonyl (C=O) groups is 2. The first-order valence-electron chi connectivity index (χ1n) is 10.3. The summed E-state index contributed by atoms with van der Waals surface area (Å²) in [5, 5.41) is 6.20. The SMILES string of the molecule is CCN(CCNC(=NC)N1CCC(NC(=O)OC(C)(C)C)C1)C(=O)OC(C)(C)C.I. The third kappa shape index (κ3) is 11.1. The van der Waals surface area contributed by atoms with Crippen LogP contribution in [0.15, 0.2) is 4.99 Å². The fourth-order valence-corrected chi connectivity index (χ4v) is 2.88. The van der Waals surface area contributed by atoms with E-state index < -0.39 is 17.3 Å². The van der Waals surface area contributed by atoms with Crippen molar-refractivity contribution in [3.8, 4) is 0 Å². The number of nitrogens with zero attached hydrogens (tertiary/aromatic N) is 3. The van der Waals surface area contributed by atoms with Crippen LogP contribution in [-0.2, 0) is 9.47 Å². The van der Waals surface area contributed by atoms with Crippen molar-refractivity contribution in [3.63, 3.8) is 0 Å². The van der Waals surface area contributed by atoms with Crippen LogP contribution in [0, 0.1) is 0 Å². The number of guanidine groups is 1. The molecule has 0 radical (unpaired) electrons. The molecule has 1 heterocycles. The summed E-state index contributed by atoms with van der Waals surface area (Å²) in [6, 6.07) is 0.0114. The molecule has 0 saturated carbocycles. The summed E-state index contributed by atoms with van der Waals surface area (Å²) in [5.41, 5.74) is -1.03. The predicted octanol–water partition coefficient (Wildman–Crippen LogP) is 3.04. The Morgan fingerprint density at radius 3 is 2.23 bits per heavy atom. The molecule has 0 aliphatic carbocycles. The number of carbonyl (C=O) groups excluding carboxylic acids is 2. The van der Waals surface area contributed by atoms with Crippen molar-refractivity contribution in [2.24, 2.45) is 4.99 Å². The van der Waals surface area contributed by atoms with E-state index in [0.29, 0.717) is 26.2 Å². The molecule has 0 spiro atoms. The molecular formula is C20H40IN5O4. The molecular weight excluding hydrogens is 501 g/mol. The number of halogens is 1. The van der Waals surface area contributed by atoms with E-state index in [4.69, 9.17) is 9.47 Å². The van der Waals surface area contributed by atoms with Crippen molar-refractivity contribution in [3.05, 3.63) is 0 Å². The van der Waals surface area contributed by atoms with Gasteiger partial charge in [-0.2, -0.15) is 0 Å². The van der Waals surface area contributed by atoms with Gasteiger partial charge in [0.1, 0.15) is 11.2 Å². The molecule has 1 atom stereocenters. The standard InChI is InChI=1S/C20H39N5O4.HI/c1-9-24(18(27)29-20(5,6)7)13-11-22-16(21-8)25-12-10-15(14-25)23-17(26)28-19(2,3)4;/h15H,9-14H2,1-8H3,(H,21,22)(H,23,26);1H. The van der Waals surface area contributed by atoms with Crippen molar-refractivity contribution >= 4 is 42.1 Å². The molecule has 0 aromatic carbocycles. The first-order chi connectivity index (χ1) is 13.3. The largest absolute Gasteiger partial charge is 0.444 e. The molecule has 1 fully saturated rings. The Balaban J connectivity index is 0.00000841. The van der Waals surface area contributed by atoms with E-state index in [0.717, 1.165) is 18.9 Å². The van der Waals surface area contributed by atoms with Crippen LogP contribution in [0.5, 0.6) is 0 Å². The molecule has 1 aliphatic heterocycles. The zero-order chi connectivity index (χ0) is 22.2. The first-order valence-corrected chi connectivity index (χ1v) is 10.3. The molecule has 0 aromatic heterocycles. The van der Waals surface area contributed by atoms with Gasteiger partial charge in [0.25, 0.3) is 0 Å². The van der Waals surface area contributed by atoms with E-state index in [1.54, 1.807) is 11.9 Å². The van der Waals surface area contributed by atoms with Crippen molar-refractivity contribution in [2.75, 3.05) is 39.8 Å². The molecule has 30 heavy (non-hydrogen) atoms. The number of amides is 2. The average molecular weight is 541 g/mol. The second-order valence-corrected chi connectivity index (χ2v) is 9.11. The van der Waals surface area contributed by atoms with Gasteiger partial charge in [0.05, 0.1) is 6.04 Å². The molecule has 0 bridgehead atoms. The highest BCUT2D eigenvalue weighted by atomic mass is 127. The number of hydrogen-bond donors (Lipinski definition) is 2. The highest BCUT2D eigenvalue weighted by Crippen LogP contribution is 2.12. The second kappa shape index (κ2) is 12.4. The van der Waals surface area contributed by atoms with Crippen LogP contribution in [0.3, 0.4) is 0 Å². The first kappa shape index (κ1) is 28.5. The number of likely N-dealkylation sites (N-methyl/N-ethyl adjacent to an activating group) is 1. The number of alkyl carbamates (subject to hydrolysis) is 1. The van der Waals surface area contributed by atoms with Crippen LogP contribution < -0.4 is 10.6 Å². The van der Waals surface area contributed by atoms with Gasteiger partial charge in [-0.25, -0.2) is 9.59 Å². The third-order valence-corrected chi connectivity index (χ3v) is 4.12. The van der Waals surface area contributed by atoms with Gasteiger partial charge >= 0.3 is 12.2 Å². The highest BCUT2D eigenvalue weighted by molar-refractivity contribution is 14.0. The topological polar surface area (TPSA) is 95.5 Å². The minimum Gasteiger partial charge on any atom is -0.444 e. The Morgan fingerprint density at radius 2 is 1.73 bits per heavy atom. The average Bonchev–Trinajstić information content (AvgIpc) is 2.99. The molecule has 176 valence electrons. The Morgan fingerprint density at radius 1 is 1.13 bits per heavy atom. The lowest BCUT2D eigenvalue weighted by atomic mass is 10.2. The Kier molecular flexibility index (Phi) is 11.8. The van der Waals surface area contributed by atoms with E-state index in [1.807, 2.05) is 48.5 Å².